The third-order valence-electron chi connectivity index (χ3n) is 2.40. The summed E-state index contributed by atoms with van der Waals surface area (Å²) in [4.78, 5) is 0. The molecule has 2 atom stereocenters. The summed E-state index contributed by atoms with van der Waals surface area (Å²) in [6.07, 6.45) is 0. The molecule has 1 aromatic rings. The van der Waals surface area contributed by atoms with Gasteiger partial charge in [-0.3, -0.25) is 0 Å². The Hall–Kier alpha value is -0.540. The highest BCUT2D eigenvalue weighted by Crippen LogP contribution is 2.43. The van der Waals surface area contributed by atoms with Crippen LogP contribution in [0.3, 0.4) is 0 Å². The fourth-order valence-electron chi connectivity index (χ4n) is 1.54. The minimum atomic E-state index is -0.0834. The van der Waals surface area contributed by atoms with E-state index in [0.717, 1.165) is 11.3 Å². The van der Waals surface area contributed by atoms with Gasteiger partial charge in [0.1, 0.15) is 5.82 Å². The molecule has 2 rings (SSSR count). The topological polar surface area (TPSA) is 12.0 Å². The van der Waals surface area contributed by atoms with E-state index in [4.69, 9.17) is 0 Å². The van der Waals surface area contributed by atoms with E-state index in [-0.39, 0.29) is 5.82 Å². The molecule has 1 aliphatic heterocycles. The normalized spacial score (nSPS) is 26.9. The lowest BCUT2D eigenvalue weighted by Crippen LogP contribution is -2.40. The Kier molecular flexibility index (Phi) is 2.56. The molecule has 1 saturated heterocycles. The number of nitrogens with one attached hydrogen (secondary N) is 1. The molecule has 0 spiro atoms. The average Bonchev–Trinajstić information content (AvgIpc) is 2.08. The maximum absolute atomic E-state index is 13.3. The average molecular weight is 197 g/mol. The summed E-state index contributed by atoms with van der Waals surface area (Å²) in [5, 5.41) is 3.49. The molecule has 1 heterocycles. The Balaban J connectivity index is 2.21. The zero-order valence-electron chi connectivity index (χ0n) is 7.46. The molecular formula is C10H12FNS. The first kappa shape index (κ1) is 9.03. The number of likely N-dealkylation sites (N-methyl/N-ethyl adjacent to an activating group) is 1. The van der Waals surface area contributed by atoms with E-state index in [1.165, 1.54) is 6.07 Å². The van der Waals surface area contributed by atoms with Crippen LogP contribution in [0.1, 0.15) is 10.8 Å². The lowest BCUT2D eigenvalue weighted by atomic mass is 10.1. The first-order chi connectivity index (χ1) is 6.33. The van der Waals surface area contributed by atoms with Crippen LogP contribution in [0.4, 0.5) is 4.39 Å². The molecule has 1 aromatic carbocycles. The summed E-state index contributed by atoms with van der Waals surface area (Å²) in [6, 6.07) is 7.46. The molecular weight excluding hydrogens is 185 g/mol. The predicted octanol–water partition coefficient (Wildman–Crippen LogP) is 2.20. The van der Waals surface area contributed by atoms with Crippen molar-refractivity contribution in [2.45, 2.75) is 11.3 Å². The molecule has 1 N–H and O–H groups in total. The number of rotatable bonds is 2. The Morgan fingerprint density at radius 2 is 2.23 bits per heavy atom. The highest BCUT2D eigenvalue weighted by atomic mass is 32.2. The van der Waals surface area contributed by atoms with Gasteiger partial charge in [0.2, 0.25) is 0 Å². The molecule has 2 unspecified atom stereocenters. The molecule has 1 aliphatic rings. The van der Waals surface area contributed by atoms with E-state index in [9.17, 15) is 4.39 Å². The molecule has 0 aromatic heterocycles. The molecule has 1 nitrogen and oxygen atoms in total. The van der Waals surface area contributed by atoms with Gasteiger partial charge in [0, 0.05) is 22.6 Å². The van der Waals surface area contributed by atoms with Gasteiger partial charge < -0.3 is 5.32 Å². The maximum atomic E-state index is 13.3. The molecule has 0 amide bonds. The van der Waals surface area contributed by atoms with Gasteiger partial charge in [-0.15, -0.1) is 0 Å². The number of hydrogen-bond acceptors (Lipinski definition) is 2. The van der Waals surface area contributed by atoms with Crippen LogP contribution < -0.4 is 5.32 Å². The minimum absolute atomic E-state index is 0.0834. The second-order valence-electron chi connectivity index (χ2n) is 3.17. The van der Waals surface area contributed by atoms with Gasteiger partial charge >= 0.3 is 0 Å². The van der Waals surface area contributed by atoms with Crippen molar-refractivity contribution in [3.05, 3.63) is 35.6 Å². The minimum Gasteiger partial charge on any atom is -0.315 e. The lowest BCUT2D eigenvalue weighted by Gasteiger charge is -2.36. The fourth-order valence-corrected chi connectivity index (χ4v) is 2.79. The van der Waals surface area contributed by atoms with E-state index in [1.54, 1.807) is 17.8 Å². The molecule has 1 fully saturated rings. The van der Waals surface area contributed by atoms with E-state index in [0.29, 0.717) is 11.3 Å². The van der Waals surface area contributed by atoms with Crippen molar-refractivity contribution in [3.63, 3.8) is 0 Å². The van der Waals surface area contributed by atoms with Crippen molar-refractivity contribution < 1.29 is 4.39 Å². The maximum Gasteiger partial charge on any atom is 0.127 e. The van der Waals surface area contributed by atoms with Crippen LogP contribution in [0, 0.1) is 5.82 Å². The van der Waals surface area contributed by atoms with Gasteiger partial charge in [0.15, 0.2) is 0 Å². The summed E-state index contributed by atoms with van der Waals surface area (Å²) in [6.45, 7) is 0. The standard InChI is InChI=1S/C10H12FNS/c1-12-9-6-13-10(9)7-4-2-3-5-8(7)11/h2-5,9-10,12H,6H2,1H3. The second kappa shape index (κ2) is 3.68. The van der Waals surface area contributed by atoms with Crippen LogP contribution in [-0.4, -0.2) is 18.8 Å². The molecule has 0 radical (unpaired) electrons. The second-order valence-corrected chi connectivity index (χ2v) is 4.35. The number of thioether (sulfide) groups is 1. The summed E-state index contributed by atoms with van der Waals surface area (Å²) in [5.74, 6) is 0.995. The van der Waals surface area contributed by atoms with Gasteiger partial charge in [-0.25, -0.2) is 4.39 Å². The highest BCUT2D eigenvalue weighted by Gasteiger charge is 2.33. The van der Waals surface area contributed by atoms with Crippen molar-refractivity contribution >= 4 is 11.8 Å². The van der Waals surface area contributed by atoms with Gasteiger partial charge in [0.25, 0.3) is 0 Å². The first-order valence-electron chi connectivity index (χ1n) is 4.36. The fraction of sp³-hybridized carbons (Fsp3) is 0.400. The van der Waals surface area contributed by atoms with E-state index >= 15 is 0 Å². The molecule has 0 saturated carbocycles. The summed E-state index contributed by atoms with van der Waals surface area (Å²) >= 11 is 1.80. The number of benzene rings is 1. The Labute approximate surface area is 81.7 Å². The lowest BCUT2D eigenvalue weighted by molar-refractivity contribution is 0.539. The molecule has 3 heteroatoms. The highest BCUT2D eigenvalue weighted by molar-refractivity contribution is 8.01. The third-order valence-corrected chi connectivity index (χ3v) is 3.90. The van der Waals surface area contributed by atoms with Crippen LogP contribution in [-0.2, 0) is 0 Å². The van der Waals surface area contributed by atoms with E-state index in [1.807, 2.05) is 19.2 Å². The summed E-state index contributed by atoms with van der Waals surface area (Å²) < 4.78 is 13.3. The van der Waals surface area contributed by atoms with Crippen molar-refractivity contribution in [2.24, 2.45) is 0 Å². The van der Waals surface area contributed by atoms with Crippen molar-refractivity contribution in [3.8, 4) is 0 Å². The quantitative estimate of drug-likeness (QED) is 0.780. The van der Waals surface area contributed by atoms with Crippen LogP contribution in [0.2, 0.25) is 0 Å². The largest absolute Gasteiger partial charge is 0.315 e. The molecule has 0 aliphatic carbocycles. The van der Waals surface area contributed by atoms with Gasteiger partial charge in [-0.2, -0.15) is 11.8 Å². The Bertz CT molecular complexity index is 301. The Morgan fingerprint density at radius 3 is 2.77 bits per heavy atom. The smallest absolute Gasteiger partial charge is 0.127 e. The zero-order chi connectivity index (χ0) is 9.26. The first-order valence-corrected chi connectivity index (χ1v) is 5.41. The molecule has 0 bridgehead atoms. The zero-order valence-corrected chi connectivity index (χ0v) is 8.27. The van der Waals surface area contributed by atoms with E-state index < -0.39 is 0 Å². The SMILES string of the molecule is CNC1CSC1c1ccccc1F. The van der Waals surface area contributed by atoms with Crippen molar-refractivity contribution in [1.82, 2.24) is 5.32 Å². The Morgan fingerprint density at radius 1 is 1.46 bits per heavy atom. The third kappa shape index (κ3) is 1.58. The van der Waals surface area contributed by atoms with Gasteiger partial charge in [0.05, 0.1) is 0 Å². The predicted molar refractivity (Wildman–Crippen MR) is 54.4 cm³/mol. The molecule has 70 valence electrons. The van der Waals surface area contributed by atoms with Crippen molar-refractivity contribution in [2.75, 3.05) is 12.8 Å². The van der Waals surface area contributed by atoms with Crippen LogP contribution in [0.25, 0.3) is 0 Å². The van der Waals surface area contributed by atoms with Crippen LogP contribution >= 0.6 is 11.8 Å². The monoisotopic (exact) mass is 197 g/mol. The summed E-state index contributed by atoms with van der Waals surface area (Å²) in [5.41, 5.74) is 0.832. The summed E-state index contributed by atoms with van der Waals surface area (Å²) in [7, 11) is 1.93. The van der Waals surface area contributed by atoms with Crippen molar-refractivity contribution in [1.29, 1.82) is 0 Å². The van der Waals surface area contributed by atoms with Gasteiger partial charge in [-0.1, -0.05) is 18.2 Å². The van der Waals surface area contributed by atoms with Gasteiger partial charge in [-0.05, 0) is 13.1 Å². The number of hydrogen-bond donors (Lipinski definition) is 1. The molecule has 13 heavy (non-hydrogen) atoms. The van der Waals surface area contributed by atoms with Crippen LogP contribution in [0.5, 0.6) is 0 Å². The number of halogens is 1. The van der Waals surface area contributed by atoms with Crippen LogP contribution in [0.15, 0.2) is 24.3 Å². The van der Waals surface area contributed by atoms with E-state index in [2.05, 4.69) is 5.32 Å².